The molecule has 104 valence electrons. The number of oxime groups is 1. The van der Waals surface area contributed by atoms with E-state index in [4.69, 9.17) is 38.9 Å². The standard InChI is InChI=1S/C13H10Cl2N2O3/c14-7-1-3-11(9(5-7)13(16)17-19)20-12-4-2-8(15)6-10(12)18/h1-6,18-19H,(H2,16,17). The van der Waals surface area contributed by atoms with Gasteiger partial charge in [-0.05, 0) is 30.3 Å². The highest BCUT2D eigenvalue weighted by molar-refractivity contribution is 6.31. The zero-order valence-corrected chi connectivity index (χ0v) is 11.6. The Bertz CT molecular complexity index is 675. The van der Waals surface area contributed by atoms with Crippen molar-refractivity contribution in [2.45, 2.75) is 0 Å². The van der Waals surface area contributed by atoms with E-state index in [2.05, 4.69) is 5.16 Å². The normalized spacial score (nSPS) is 11.4. The van der Waals surface area contributed by atoms with Crippen LogP contribution in [0.15, 0.2) is 41.6 Å². The molecule has 5 nitrogen and oxygen atoms in total. The van der Waals surface area contributed by atoms with E-state index in [-0.39, 0.29) is 23.1 Å². The molecule has 0 aliphatic heterocycles. The molecular formula is C13H10Cl2N2O3. The van der Waals surface area contributed by atoms with E-state index in [1.807, 2.05) is 0 Å². The molecule has 0 spiro atoms. The summed E-state index contributed by atoms with van der Waals surface area (Å²) < 4.78 is 5.53. The third-order valence-corrected chi connectivity index (χ3v) is 2.94. The molecule has 0 bridgehead atoms. The molecule has 7 heteroatoms. The summed E-state index contributed by atoms with van der Waals surface area (Å²) in [6, 6.07) is 9.02. The summed E-state index contributed by atoms with van der Waals surface area (Å²) in [5.41, 5.74) is 5.86. The number of nitrogens with zero attached hydrogens (tertiary/aromatic N) is 1. The first-order chi connectivity index (χ1) is 9.51. The zero-order valence-electron chi connectivity index (χ0n) is 10.0. The molecule has 2 rings (SSSR count). The molecule has 4 N–H and O–H groups in total. The molecule has 0 unspecified atom stereocenters. The van der Waals surface area contributed by atoms with Crippen molar-refractivity contribution >= 4 is 29.0 Å². The fourth-order valence-corrected chi connectivity index (χ4v) is 1.88. The Morgan fingerprint density at radius 3 is 2.25 bits per heavy atom. The third-order valence-electron chi connectivity index (χ3n) is 2.47. The summed E-state index contributed by atoms with van der Waals surface area (Å²) in [4.78, 5) is 0. The van der Waals surface area contributed by atoms with Crippen molar-refractivity contribution in [2.75, 3.05) is 0 Å². The minimum absolute atomic E-state index is 0.127. The van der Waals surface area contributed by atoms with Crippen molar-refractivity contribution in [1.29, 1.82) is 0 Å². The summed E-state index contributed by atoms with van der Waals surface area (Å²) >= 11 is 11.6. The van der Waals surface area contributed by atoms with E-state index in [0.717, 1.165) is 0 Å². The molecule has 20 heavy (non-hydrogen) atoms. The van der Waals surface area contributed by atoms with Crippen LogP contribution in [0, 0.1) is 0 Å². The average molecular weight is 313 g/mol. The number of phenolic OH excluding ortho intramolecular Hbond substituents is 1. The monoisotopic (exact) mass is 312 g/mol. The van der Waals surface area contributed by atoms with Crippen molar-refractivity contribution in [3.8, 4) is 17.2 Å². The Labute approximate surface area is 124 Å². The minimum Gasteiger partial charge on any atom is -0.504 e. The van der Waals surface area contributed by atoms with Crippen molar-refractivity contribution < 1.29 is 15.1 Å². The highest BCUT2D eigenvalue weighted by Crippen LogP contribution is 2.34. The van der Waals surface area contributed by atoms with Crippen LogP contribution >= 0.6 is 23.2 Å². The first-order valence-corrected chi connectivity index (χ1v) is 6.20. The Hall–Kier alpha value is -2.11. The molecule has 0 fully saturated rings. The van der Waals surface area contributed by atoms with Crippen LogP contribution in [-0.2, 0) is 0 Å². The number of phenols is 1. The molecule has 0 aliphatic carbocycles. The van der Waals surface area contributed by atoms with Gasteiger partial charge in [-0.15, -0.1) is 0 Å². The van der Waals surface area contributed by atoms with Crippen molar-refractivity contribution in [1.82, 2.24) is 0 Å². The summed E-state index contributed by atoms with van der Waals surface area (Å²) in [6.45, 7) is 0. The van der Waals surface area contributed by atoms with E-state index in [0.29, 0.717) is 15.6 Å². The molecule has 2 aromatic carbocycles. The van der Waals surface area contributed by atoms with Crippen LogP contribution in [0.1, 0.15) is 5.56 Å². The quantitative estimate of drug-likeness (QED) is 0.350. The van der Waals surface area contributed by atoms with Gasteiger partial charge in [0, 0.05) is 16.1 Å². The van der Waals surface area contributed by atoms with Crippen LogP contribution in [0.5, 0.6) is 17.2 Å². The number of rotatable bonds is 3. The molecule has 0 radical (unpaired) electrons. The minimum atomic E-state index is -0.157. The molecule has 2 aromatic rings. The number of amidine groups is 1. The molecule has 0 aliphatic rings. The lowest BCUT2D eigenvalue weighted by atomic mass is 10.2. The van der Waals surface area contributed by atoms with Gasteiger partial charge in [-0.25, -0.2) is 0 Å². The van der Waals surface area contributed by atoms with Crippen molar-refractivity contribution in [3.63, 3.8) is 0 Å². The lowest BCUT2D eigenvalue weighted by Crippen LogP contribution is -2.14. The highest BCUT2D eigenvalue weighted by atomic mass is 35.5. The highest BCUT2D eigenvalue weighted by Gasteiger charge is 2.12. The predicted molar refractivity (Wildman–Crippen MR) is 77.2 cm³/mol. The lowest BCUT2D eigenvalue weighted by molar-refractivity contribution is 0.318. The van der Waals surface area contributed by atoms with Gasteiger partial charge in [-0.3, -0.25) is 0 Å². The van der Waals surface area contributed by atoms with Crippen LogP contribution in [-0.4, -0.2) is 16.1 Å². The number of ether oxygens (including phenoxy) is 1. The number of benzene rings is 2. The van der Waals surface area contributed by atoms with E-state index in [1.165, 1.54) is 18.2 Å². The van der Waals surface area contributed by atoms with Gasteiger partial charge >= 0.3 is 0 Å². The second kappa shape index (κ2) is 5.90. The van der Waals surface area contributed by atoms with Crippen LogP contribution in [0.2, 0.25) is 10.0 Å². The van der Waals surface area contributed by atoms with Gasteiger partial charge in [0.2, 0.25) is 0 Å². The smallest absolute Gasteiger partial charge is 0.173 e. The summed E-state index contributed by atoms with van der Waals surface area (Å²) in [6.07, 6.45) is 0. The van der Waals surface area contributed by atoms with Gasteiger partial charge < -0.3 is 20.8 Å². The zero-order chi connectivity index (χ0) is 14.7. The fourth-order valence-electron chi connectivity index (χ4n) is 1.54. The number of hydrogen-bond donors (Lipinski definition) is 3. The molecule has 0 saturated carbocycles. The maximum atomic E-state index is 9.75. The van der Waals surface area contributed by atoms with Gasteiger partial charge in [-0.2, -0.15) is 0 Å². The molecular weight excluding hydrogens is 303 g/mol. The van der Waals surface area contributed by atoms with E-state index < -0.39 is 0 Å². The number of nitrogens with two attached hydrogens (primary N) is 1. The third kappa shape index (κ3) is 3.07. The summed E-state index contributed by atoms with van der Waals surface area (Å²) in [7, 11) is 0. The van der Waals surface area contributed by atoms with Crippen molar-refractivity contribution in [2.24, 2.45) is 10.9 Å². The Kier molecular flexibility index (Phi) is 4.22. The van der Waals surface area contributed by atoms with E-state index in [9.17, 15) is 5.11 Å². The summed E-state index contributed by atoms with van der Waals surface area (Å²) in [5.74, 6) is 0.180. The molecule has 0 atom stereocenters. The van der Waals surface area contributed by atoms with Crippen molar-refractivity contribution in [3.05, 3.63) is 52.0 Å². The maximum absolute atomic E-state index is 9.75. The summed E-state index contributed by atoms with van der Waals surface area (Å²) in [5, 5.41) is 22.2. The van der Waals surface area contributed by atoms with Crippen LogP contribution in [0.4, 0.5) is 0 Å². The molecule has 0 heterocycles. The molecule has 0 amide bonds. The number of aromatic hydroxyl groups is 1. The Balaban J connectivity index is 2.43. The lowest BCUT2D eigenvalue weighted by Gasteiger charge is -2.12. The van der Waals surface area contributed by atoms with Gasteiger partial charge in [0.15, 0.2) is 17.3 Å². The van der Waals surface area contributed by atoms with Gasteiger partial charge in [-0.1, -0.05) is 28.4 Å². The first kappa shape index (κ1) is 14.3. The second-order valence-electron chi connectivity index (χ2n) is 3.84. The first-order valence-electron chi connectivity index (χ1n) is 5.45. The van der Waals surface area contributed by atoms with Gasteiger partial charge in [0.1, 0.15) is 5.75 Å². The second-order valence-corrected chi connectivity index (χ2v) is 4.71. The van der Waals surface area contributed by atoms with Crippen LogP contribution < -0.4 is 10.5 Å². The number of hydrogen-bond acceptors (Lipinski definition) is 4. The SMILES string of the molecule is N/C(=N\O)c1cc(Cl)ccc1Oc1ccc(Cl)cc1O. The average Bonchev–Trinajstić information content (AvgIpc) is 2.42. The maximum Gasteiger partial charge on any atom is 0.173 e. The molecule has 0 saturated heterocycles. The number of halogens is 2. The van der Waals surface area contributed by atoms with Crippen LogP contribution in [0.3, 0.4) is 0 Å². The largest absolute Gasteiger partial charge is 0.504 e. The Morgan fingerprint density at radius 2 is 1.65 bits per heavy atom. The van der Waals surface area contributed by atoms with Crippen LogP contribution in [0.25, 0.3) is 0 Å². The Morgan fingerprint density at radius 1 is 1.05 bits per heavy atom. The van der Waals surface area contributed by atoms with E-state index >= 15 is 0 Å². The molecule has 0 aromatic heterocycles. The topological polar surface area (TPSA) is 88.1 Å². The predicted octanol–water partition coefficient (Wildman–Crippen LogP) is 3.59. The van der Waals surface area contributed by atoms with Gasteiger partial charge in [0.05, 0.1) is 5.56 Å². The fraction of sp³-hybridized carbons (Fsp3) is 0. The van der Waals surface area contributed by atoms with E-state index in [1.54, 1.807) is 18.2 Å². The van der Waals surface area contributed by atoms with Gasteiger partial charge in [0.25, 0.3) is 0 Å².